The first-order chi connectivity index (χ1) is 9.95. The van der Waals surface area contributed by atoms with Crippen LogP contribution in [0.4, 0.5) is 0 Å². The van der Waals surface area contributed by atoms with Crippen LogP contribution in [0.15, 0.2) is 29.2 Å². The minimum absolute atomic E-state index is 0.263. The number of nitrogens with zero attached hydrogens (tertiary/aromatic N) is 1. The molecular weight excluding hydrogens is 308 g/mol. The molecule has 1 fully saturated rings. The van der Waals surface area contributed by atoms with Crippen LogP contribution >= 0.6 is 12.2 Å². The molecule has 0 saturated carbocycles. The monoisotopic (exact) mass is 328 g/mol. The van der Waals surface area contributed by atoms with E-state index in [0.717, 1.165) is 12.8 Å². The van der Waals surface area contributed by atoms with Crippen molar-refractivity contribution in [2.24, 2.45) is 11.7 Å². The SMILES string of the molecule is COCC1CCN(S(=O)(=O)c2ccc(C(N)=S)cc2)CC1. The van der Waals surface area contributed by atoms with E-state index in [0.29, 0.717) is 31.2 Å². The van der Waals surface area contributed by atoms with Crippen molar-refractivity contribution in [1.29, 1.82) is 0 Å². The maximum absolute atomic E-state index is 12.6. The molecule has 7 heteroatoms. The van der Waals surface area contributed by atoms with Gasteiger partial charge in [0, 0.05) is 32.4 Å². The Morgan fingerprint density at radius 2 is 1.90 bits per heavy atom. The lowest BCUT2D eigenvalue weighted by atomic mass is 9.99. The van der Waals surface area contributed by atoms with E-state index >= 15 is 0 Å². The van der Waals surface area contributed by atoms with Crippen molar-refractivity contribution in [1.82, 2.24) is 4.31 Å². The first-order valence-corrected chi connectivity index (χ1v) is 8.69. The molecule has 1 aromatic carbocycles. The number of hydrogen-bond donors (Lipinski definition) is 1. The van der Waals surface area contributed by atoms with E-state index in [-0.39, 0.29) is 9.88 Å². The second-order valence-corrected chi connectivity index (χ2v) is 7.57. The van der Waals surface area contributed by atoms with Crippen molar-refractivity contribution in [3.05, 3.63) is 29.8 Å². The molecule has 0 bridgehead atoms. The summed E-state index contributed by atoms with van der Waals surface area (Å²) >= 11 is 4.87. The lowest BCUT2D eigenvalue weighted by Crippen LogP contribution is -2.39. The van der Waals surface area contributed by atoms with Gasteiger partial charge < -0.3 is 10.5 Å². The molecule has 1 saturated heterocycles. The summed E-state index contributed by atoms with van der Waals surface area (Å²) in [5.41, 5.74) is 6.19. The average Bonchev–Trinajstić information content (AvgIpc) is 2.48. The molecule has 0 radical (unpaired) electrons. The summed E-state index contributed by atoms with van der Waals surface area (Å²) in [6.45, 7) is 1.76. The molecule has 116 valence electrons. The number of rotatable bonds is 5. The molecule has 0 atom stereocenters. The van der Waals surface area contributed by atoms with Gasteiger partial charge in [-0.25, -0.2) is 8.42 Å². The Kier molecular flexibility index (Phi) is 5.32. The maximum Gasteiger partial charge on any atom is 0.243 e. The number of nitrogens with two attached hydrogens (primary N) is 1. The molecule has 0 aliphatic carbocycles. The van der Waals surface area contributed by atoms with Crippen LogP contribution < -0.4 is 5.73 Å². The van der Waals surface area contributed by atoms with Gasteiger partial charge in [-0.1, -0.05) is 24.4 Å². The van der Waals surface area contributed by atoms with Gasteiger partial charge in [0.05, 0.1) is 4.90 Å². The Labute approximate surface area is 131 Å². The van der Waals surface area contributed by atoms with Gasteiger partial charge in [-0.2, -0.15) is 4.31 Å². The standard InChI is InChI=1S/C14H20N2O3S2/c1-19-10-11-6-8-16(9-7-11)21(17,18)13-4-2-12(3-5-13)14(15)20/h2-5,11H,6-10H2,1H3,(H2,15,20). The molecule has 0 spiro atoms. The van der Waals surface area contributed by atoms with E-state index in [4.69, 9.17) is 22.7 Å². The Bertz CT molecular complexity index is 591. The zero-order valence-corrected chi connectivity index (χ0v) is 13.6. The second-order valence-electron chi connectivity index (χ2n) is 5.19. The number of thiocarbonyl (C=S) groups is 1. The van der Waals surface area contributed by atoms with Gasteiger partial charge in [-0.3, -0.25) is 0 Å². The number of hydrogen-bond acceptors (Lipinski definition) is 4. The molecule has 0 aromatic heterocycles. The summed E-state index contributed by atoms with van der Waals surface area (Å²) in [6.07, 6.45) is 1.66. The van der Waals surface area contributed by atoms with Crippen molar-refractivity contribution in [3.63, 3.8) is 0 Å². The highest BCUT2D eigenvalue weighted by molar-refractivity contribution is 7.89. The quantitative estimate of drug-likeness (QED) is 0.827. The Balaban J connectivity index is 2.10. The molecule has 1 heterocycles. The number of sulfonamides is 1. The molecule has 0 amide bonds. The molecule has 0 unspecified atom stereocenters. The van der Waals surface area contributed by atoms with E-state index in [9.17, 15) is 8.42 Å². The molecule has 1 aliphatic rings. The van der Waals surface area contributed by atoms with E-state index in [1.54, 1.807) is 31.4 Å². The predicted molar refractivity (Wildman–Crippen MR) is 85.7 cm³/mol. The third-order valence-electron chi connectivity index (χ3n) is 3.75. The van der Waals surface area contributed by atoms with Gasteiger partial charge in [0.25, 0.3) is 0 Å². The van der Waals surface area contributed by atoms with Crippen molar-refractivity contribution >= 4 is 27.2 Å². The summed E-state index contributed by atoms with van der Waals surface area (Å²) < 4.78 is 31.8. The van der Waals surface area contributed by atoms with E-state index in [1.165, 1.54) is 4.31 Å². The highest BCUT2D eigenvalue weighted by Gasteiger charge is 2.29. The summed E-state index contributed by atoms with van der Waals surface area (Å²) in [7, 11) is -1.76. The highest BCUT2D eigenvalue weighted by atomic mass is 32.2. The minimum Gasteiger partial charge on any atom is -0.389 e. The average molecular weight is 328 g/mol. The highest BCUT2D eigenvalue weighted by Crippen LogP contribution is 2.24. The number of benzene rings is 1. The van der Waals surface area contributed by atoms with Crippen LogP contribution in [0.25, 0.3) is 0 Å². The van der Waals surface area contributed by atoms with Crippen LogP contribution in [-0.2, 0) is 14.8 Å². The molecule has 2 rings (SSSR count). The Morgan fingerprint density at radius 1 is 1.33 bits per heavy atom. The fourth-order valence-corrected chi connectivity index (χ4v) is 4.10. The van der Waals surface area contributed by atoms with Crippen LogP contribution in [-0.4, -0.2) is 44.5 Å². The van der Waals surface area contributed by atoms with Crippen molar-refractivity contribution in [2.45, 2.75) is 17.7 Å². The smallest absolute Gasteiger partial charge is 0.243 e. The molecule has 2 N–H and O–H groups in total. The van der Waals surface area contributed by atoms with E-state index in [1.807, 2.05) is 0 Å². The van der Waals surface area contributed by atoms with Gasteiger partial charge in [0.15, 0.2) is 0 Å². The van der Waals surface area contributed by atoms with E-state index < -0.39 is 10.0 Å². The molecule has 1 aliphatic heterocycles. The number of methoxy groups -OCH3 is 1. The van der Waals surface area contributed by atoms with Gasteiger partial charge in [-0.15, -0.1) is 0 Å². The zero-order chi connectivity index (χ0) is 15.5. The normalized spacial score (nSPS) is 17.8. The molecule has 1 aromatic rings. The fraction of sp³-hybridized carbons (Fsp3) is 0.500. The van der Waals surface area contributed by atoms with Crippen LogP contribution in [0.1, 0.15) is 18.4 Å². The third-order valence-corrected chi connectivity index (χ3v) is 5.90. The summed E-state index contributed by atoms with van der Waals surface area (Å²) in [5, 5.41) is 0. The first kappa shape index (κ1) is 16.4. The van der Waals surface area contributed by atoms with E-state index in [2.05, 4.69) is 0 Å². The molecule has 5 nitrogen and oxygen atoms in total. The van der Waals surface area contributed by atoms with Crippen LogP contribution in [0, 0.1) is 5.92 Å². The lowest BCUT2D eigenvalue weighted by Gasteiger charge is -2.30. The van der Waals surface area contributed by atoms with Gasteiger partial charge in [-0.05, 0) is 30.9 Å². The molecular formula is C14H20N2O3S2. The molecule has 21 heavy (non-hydrogen) atoms. The van der Waals surface area contributed by atoms with Crippen LogP contribution in [0.5, 0.6) is 0 Å². The Hall–Kier alpha value is -1.02. The predicted octanol–water partition coefficient (Wildman–Crippen LogP) is 1.37. The Morgan fingerprint density at radius 3 is 2.38 bits per heavy atom. The third kappa shape index (κ3) is 3.79. The first-order valence-electron chi connectivity index (χ1n) is 6.84. The largest absolute Gasteiger partial charge is 0.389 e. The van der Waals surface area contributed by atoms with Gasteiger partial charge in [0.2, 0.25) is 10.0 Å². The second kappa shape index (κ2) is 6.83. The van der Waals surface area contributed by atoms with Crippen LogP contribution in [0.2, 0.25) is 0 Å². The van der Waals surface area contributed by atoms with Crippen molar-refractivity contribution in [2.75, 3.05) is 26.8 Å². The van der Waals surface area contributed by atoms with Crippen molar-refractivity contribution < 1.29 is 13.2 Å². The minimum atomic E-state index is -3.43. The maximum atomic E-state index is 12.6. The fourth-order valence-electron chi connectivity index (χ4n) is 2.49. The summed E-state index contributed by atoms with van der Waals surface area (Å²) in [6, 6.07) is 6.41. The van der Waals surface area contributed by atoms with Crippen molar-refractivity contribution in [3.8, 4) is 0 Å². The number of ether oxygens (including phenoxy) is 1. The zero-order valence-electron chi connectivity index (χ0n) is 12.0. The summed E-state index contributed by atoms with van der Waals surface area (Å²) in [5.74, 6) is 0.443. The number of piperidine rings is 1. The lowest BCUT2D eigenvalue weighted by molar-refractivity contribution is 0.121. The topological polar surface area (TPSA) is 72.6 Å². The van der Waals surface area contributed by atoms with Crippen LogP contribution in [0.3, 0.4) is 0 Å². The van der Waals surface area contributed by atoms with Gasteiger partial charge in [0.1, 0.15) is 4.99 Å². The van der Waals surface area contributed by atoms with Gasteiger partial charge >= 0.3 is 0 Å². The summed E-state index contributed by atoms with van der Waals surface area (Å²) in [4.78, 5) is 0.548.